The number of unbranched alkanes of at least 4 members (excludes halogenated alkanes) is 13. The van der Waals surface area contributed by atoms with Gasteiger partial charge in [0, 0.05) is 0 Å². The zero-order chi connectivity index (χ0) is 32.7. The van der Waals surface area contributed by atoms with Gasteiger partial charge in [-0.2, -0.15) is 0 Å². The quantitative estimate of drug-likeness (QED) is 0.0616. The summed E-state index contributed by atoms with van der Waals surface area (Å²) in [5, 5.41) is 0. The van der Waals surface area contributed by atoms with Crippen LogP contribution in [0.25, 0.3) is 0 Å². The van der Waals surface area contributed by atoms with Crippen molar-refractivity contribution in [2.45, 2.75) is 155 Å². The molecule has 258 valence electrons. The second-order valence-electron chi connectivity index (χ2n) is 13.6. The highest BCUT2D eigenvalue weighted by molar-refractivity contribution is 5.91. The lowest BCUT2D eigenvalue weighted by Crippen LogP contribution is -2.15. The fourth-order valence-corrected chi connectivity index (χ4v) is 6.69. The fourth-order valence-electron chi connectivity index (χ4n) is 6.69. The van der Waals surface area contributed by atoms with Crippen molar-refractivity contribution in [1.29, 1.82) is 0 Å². The van der Waals surface area contributed by atoms with Gasteiger partial charge in [0.25, 0.3) is 0 Å². The second-order valence-corrected chi connectivity index (χ2v) is 13.6. The molecule has 0 spiro atoms. The predicted octanol–water partition coefficient (Wildman–Crippen LogP) is 12.7. The Bertz CT molecular complexity index is 1060. The van der Waals surface area contributed by atoms with Gasteiger partial charge in [-0.15, -0.1) is 0 Å². The van der Waals surface area contributed by atoms with Crippen molar-refractivity contribution < 1.29 is 23.4 Å². The molecule has 1 aliphatic carbocycles. The molecule has 0 aromatic heterocycles. The standard InChI is InChI=1S/C41H63FO4/c1-3-5-7-9-10-11-12-13-15-17-31-45-40-30-25-36(33-39(40)42)41(43)46-38-28-26-37(27-29-38)44-32-18-20-35-23-21-34(22-24-35)19-16-14-8-6-4-2/h25-30,33-35H,3-24,31-32H2,1-2H3. The summed E-state index contributed by atoms with van der Waals surface area (Å²) in [5.41, 5.74) is 0.158. The molecule has 0 saturated heterocycles. The Balaban J connectivity index is 1.25. The maximum Gasteiger partial charge on any atom is 0.343 e. The smallest absolute Gasteiger partial charge is 0.343 e. The molecule has 4 nitrogen and oxygen atoms in total. The maximum atomic E-state index is 14.6. The van der Waals surface area contributed by atoms with Gasteiger partial charge in [-0.3, -0.25) is 0 Å². The van der Waals surface area contributed by atoms with Gasteiger partial charge < -0.3 is 14.2 Å². The molecule has 0 unspecified atom stereocenters. The average Bonchev–Trinajstić information content (AvgIpc) is 3.07. The minimum absolute atomic E-state index is 0.158. The van der Waals surface area contributed by atoms with Crippen molar-refractivity contribution in [3.63, 3.8) is 0 Å². The van der Waals surface area contributed by atoms with E-state index in [1.165, 1.54) is 134 Å². The van der Waals surface area contributed by atoms with Crippen LogP contribution < -0.4 is 14.2 Å². The first-order chi connectivity index (χ1) is 22.6. The summed E-state index contributed by atoms with van der Waals surface area (Å²) in [7, 11) is 0. The molecule has 46 heavy (non-hydrogen) atoms. The van der Waals surface area contributed by atoms with Crippen LogP contribution in [0.3, 0.4) is 0 Å². The Hall–Kier alpha value is -2.56. The number of rotatable bonds is 25. The first-order valence-electron chi connectivity index (χ1n) is 19.0. The van der Waals surface area contributed by atoms with Gasteiger partial charge in [-0.05, 0) is 73.6 Å². The Morgan fingerprint density at radius 2 is 1.11 bits per heavy atom. The lowest BCUT2D eigenvalue weighted by atomic mass is 9.78. The van der Waals surface area contributed by atoms with E-state index >= 15 is 0 Å². The van der Waals surface area contributed by atoms with Gasteiger partial charge in [-0.1, -0.05) is 136 Å². The van der Waals surface area contributed by atoms with E-state index in [1.54, 1.807) is 18.2 Å². The lowest BCUT2D eigenvalue weighted by Gasteiger charge is -2.28. The van der Waals surface area contributed by atoms with Crippen molar-refractivity contribution in [1.82, 2.24) is 0 Å². The number of carbonyl (C=O) groups is 1. The molecule has 0 amide bonds. The van der Waals surface area contributed by atoms with E-state index in [0.717, 1.165) is 36.8 Å². The first kappa shape index (κ1) is 37.9. The predicted molar refractivity (Wildman–Crippen MR) is 189 cm³/mol. The summed E-state index contributed by atoms with van der Waals surface area (Å²) >= 11 is 0. The second kappa shape index (κ2) is 23.7. The highest BCUT2D eigenvalue weighted by Gasteiger charge is 2.20. The number of esters is 1. The number of hydrogen-bond acceptors (Lipinski definition) is 4. The van der Waals surface area contributed by atoms with Gasteiger partial charge in [0.1, 0.15) is 11.5 Å². The van der Waals surface area contributed by atoms with E-state index in [1.807, 2.05) is 12.1 Å². The highest BCUT2D eigenvalue weighted by Crippen LogP contribution is 2.34. The van der Waals surface area contributed by atoms with Crippen molar-refractivity contribution in [2.24, 2.45) is 11.8 Å². The summed E-state index contributed by atoms with van der Waals surface area (Å²) < 4.78 is 31.7. The molecule has 2 aromatic carbocycles. The number of halogens is 1. The fraction of sp³-hybridized carbons (Fsp3) is 0.683. The van der Waals surface area contributed by atoms with E-state index in [9.17, 15) is 9.18 Å². The van der Waals surface area contributed by atoms with Crippen molar-refractivity contribution in [2.75, 3.05) is 13.2 Å². The van der Waals surface area contributed by atoms with E-state index in [4.69, 9.17) is 14.2 Å². The van der Waals surface area contributed by atoms with Crippen LogP contribution in [-0.4, -0.2) is 19.2 Å². The Labute approximate surface area is 280 Å². The average molecular weight is 639 g/mol. The molecule has 1 fully saturated rings. The van der Waals surface area contributed by atoms with Crippen molar-refractivity contribution in [3.05, 3.63) is 53.8 Å². The van der Waals surface area contributed by atoms with Crippen LogP contribution >= 0.6 is 0 Å². The number of carbonyl (C=O) groups excluding carboxylic acids is 1. The van der Waals surface area contributed by atoms with E-state index in [2.05, 4.69) is 13.8 Å². The topological polar surface area (TPSA) is 44.8 Å². The molecule has 2 aromatic rings. The van der Waals surface area contributed by atoms with E-state index < -0.39 is 11.8 Å². The monoisotopic (exact) mass is 638 g/mol. The SMILES string of the molecule is CCCCCCCCCCCCOc1ccc(C(=O)Oc2ccc(OCCCC3CCC(CCCCCCC)CC3)cc2)cc1F. The minimum atomic E-state index is -0.597. The Kier molecular flexibility index (Phi) is 19.5. The van der Waals surface area contributed by atoms with Crippen LogP contribution in [0.4, 0.5) is 4.39 Å². The molecule has 0 radical (unpaired) electrons. The van der Waals surface area contributed by atoms with Crippen LogP contribution in [0, 0.1) is 17.7 Å². The van der Waals surface area contributed by atoms with Crippen LogP contribution in [0.2, 0.25) is 0 Å². The van der Waals surface area contributed by atoms with Gasteiger partial charge in [0.05, 0.1) is 18.8 Å². The molecule has 3 rings (SSSR count). The van der Waals surface area contributed by atoms with Gasteiger partial charge >= 0.3 is 5.97 Å². The zero-order valence-corrected chi connectivity index (χ0v) is 29.2. The molecule has 5 heteroatoms. The van der Waals surface area contributed by atoms with Gasteiger partial charge in [0.2, 0.25) is 0 Å². The van der Waals surface area contributed by atoms with Crippen LogP contribution in [0.5, 0.6) is 17.2 Å². The normalized spacial score (nSPS) is 16.3. The molecule has 0 aliphatic heterocycles. The van der Waals surface area contributed by atoms with Crippen LogP contribution in [0.15, 0.2) is 42.5 Å². The third-order valence-electron chi connectivity index (χ3n) is 9.67. The van der Waals surface area contributed by atoms with Crippen molar-refractivity contribution in [3.8, 4) is 17.2 Å². The largest absolute Gasteiger partial charge is 0.494 e. The molecule has 0 heterocycles. The minimum Gasteiger partial charge on any atom is -0.494 e. The van der Waals surface area contributed by atoms with Crippen LogP contribution in [-0.2, 0) is 0 Å². The number of benzene rings is 2. The van der Waals surface area contributed by atoms with Crippen molar-refractivity contribution >= 4 is 5.97 Å². The third-order valence-corrected chi connectivity index (χ3v) is 9.67. The summed E-state index contributed by atoms with van der Waals surface area (Å²) in [6.45, 7) is 5.70. The summed E-state index contributed by atoms with van der Waals surface area (Å²) in [6.07, 6.45) is 28.7. The van der Waals surface area contributed by atoms with E-state index in [-0.39, 0.29) is 11.3 Å². The van der Waals surface area contributed by atoms with Gasteiger partial charge in [-0.25, -0.2) is 9.18 Å². The summed E-state index contributed by atoms with van der Waals surface area (Å²) in [4.78, 5) is 12.6. The Morgan fingerprint density at radius 3 is 1.70 bits per heavy atom. The molecule has 0 atom stereocenters. The Morgan fingerprint density at radius 1 is 0.609 bits per heavy atom. The molecular weight excluding hydrogens is 575 g/mol. The molecule has 1 aliphatic rings. The zero-order valence-electron chi connectivity index (χ0n) is 29.2. The third kappa shape index (κ3) is 15.8. The molecule has 0 bridgehead atoms. The van der Waals surface area contributed by atoms with Crippen LogP contribution in [0.1, 0.15) is 165 Å². The number of hydrogen-bond donors (Lipinski definition) is 0. The first-order valence-corrected chi connectivity index (χ1v) is 19.0. The molecular formula is C41H63FO4. The molecule has 0 N–H and O–H groups in total. The molecule has 1 saturated carbocycles. The summed E-state index contributed by atoms with van der Waals surface area (Å²) in [6, 6.07) is 11.3. The van der Waals surface area contributed by atoms with Gasteiger partial charge in [0.15, 0.2) is 11.6 Å². The van der Waals surface area contributed by atoms with E-state index in [0.29, 0.717) is 19.0 Å². The summed E-state index contributed by atoms with van der Waals surface area (Å²) in [5.74, 6) is 2.00. The lowest BCUT2D eigenvalue weighted by molar-refractivity contribution is 0.0734. The highest BCUT2D eigenvalue weighted by atomic mass is 19.1. The maximum absolute atomic E-state index is 14.6. The number of ether oxygens (including phenoxy) is 3.